The summed E-state index contributed by atoms with van der Waals surface area (Å²) in [5, 5.41) is 4.58. The van der Waals surface area contributed by atoms with E-state index < -0.39 is 10.0 Å². The summed E-state index contributed by atoms with van der Waals surface area (Å²) in [7, 11) is -3.58. The molecule has 1 N–H and O–H groups in total. The number of nitrogens with one attached hydrogen (secondary N) is 1. The van der Waals surface area contributed by atoms with Crippen molar-refractivity contribution in [2.75, 3.05) is 0 Å². The summed E-state index contributed by atoms with van der Waals surface area (Å²) in [5.41, 5.74) is 3.37. The molecule has 8 heteroatoms. The Balaban J connectivity index is 1.48. The molecule has 0 unspecified atom stereocenters. The number of nitrogens with zero attached hydrogens (tertiary/aromatic N) is 3. The first-order valence-corrected chi connectivity index (χ1v) is 9.92. The zero-order valence-electron chi connectivity index (χ0n) is 14.2. The van der Waals surface area contributed by atoms with Crippen molar-refractivity contribution in [3.63, 3.8) is 0 Å². The maximum atomic E-state index is 12.5. The lowest BCUT2D eigenvalue weighted by atomic mass is 10.1. The molecule has 4 aromatic rings. The Morgan fingerprint density at radius 2 is 1.93 bits per heavy atom. The molecule has 0 bridgehead atoms. The van der Waals surface area contributed by atoms with Crippen molar-refractivity contribution >= 4 is 21.0 Å². The molecule has 0 amide bonds. The third-order valence-electron chi connectivity index (χ3n) is 4.06. The van der Waals surface area contributed by atoms with Crippen LogP contribution in [0.1, 0.15) is 11.3 Å². The van der Waals surface area contributed by atoms with Crippen LogP contribution in [0.25, 0.3) is 22.2 Å². The average molecular weight is 380 g/mol. The molecule has 0 aliphatic heterocycles. The van der Waals surface area contributed by atoms with Gasteiger partial charge in [0.25, 0.3) is 0 Å². The highest BCUT2D eigenvalue weighted by Crippen LogP contribution is 2.20. The summed E-state index contributed by atoms with van der Waals surface area (Å²) in [6.45, 7) is 0.161. The van der Waals surface area contributed by atoms with Crippen molar-refractivity contribution in [1.82, 2.24) is 19.8 Å². The van der Waals surface area contributed by atoms with Crippen LogP contribution in [-0.4, -0.2) is 23.5 Å². The van der Waals surface area contributed by atoms with E-state index in [9.17, 15) is 8.42 Å². The second-order valence-electron chi connectivity index (χ2n) is 6.00. The molecule has 3 heterocycles. The Hall–Kier alpha value is -3.10. The summed E-state index contributed by atoms with van der Waals surface area (Å²) in [4.78, 5) is 8.38. The van der Waals surface area contributed by atoms with Crippen LogP contribution in [0, 0.1) is 0 Å². The van der Waals surface area contributed by atoms with E-state index in [0.29, 0.717) is 16.7 Å². The van der Waals surface area contributed by atoms with Crippen LogP contribution in [0.2, 0.25) is 0 Å². The first-order valence-electron chi connectivity index (χ1n) is 8.27. The Labute approximate surface area is 156 Å². The fraction of sp³-hybridized carbons (Fsp3) is 0.105. The molecule has 0 radical (unpaired) electrons. The SMILES string of the molecule is O=S(=O)(Cc1noc2ccccc12)NCc1ccnc(-c2cccnc2)c1. The van der Waals surface area contributed by atoms with Gasteiger partial charge < -0.3 is 4.52 Å². The Morgan fingerprint density at radius 1 is 1.04 bits per heavy atom. The molecule has 0 atom stereocenters. The van der Waals surface area contributed by atoms with E-state index in [4.69, 9.17) is 4.52 Å². The van der Waals surface area contributed by atoms with E-state index in [1.165, 1.54) is 0 Å². The number of aromatic nitrogens is 3. The van der Waals surface area contributed by atoms with E-state index in [1.807, 2.05) is 30.3 Å². The lowest BCUT2D eigenvalue weighted by Crippen LogP contribution is -2.25. The molecule has 4 rings (SSSR count). The molecule has 0 spiro atoms. The van der Waals surface area contributed by atoms with Crippen LogP contribution >= 0.6 is 0 Å². The van der Waals surface area contributed by atoms with Gasteiger partial charge in [-0.05, 0) is 42.0 Å². The van der Waals surface area contributed by atoms with E-state index in [1.54, 1.807) is 36.8 Å². The number of benzene rings is 1. The van der Waals surface area contributed by atoms with Crippen molar-refractivity contribution in [2.45, 2.75) is 12.3 Å². The van der Waals surface area contributed by atoms with E-state index in [2.05, 4.69) is 19.8 Å². The van der Waals surface area contributed by atoms with Gasteiger partial charge in [-0.3, -0.25) is 9.97 Å². The van der Waals surface area contributed by atoms with Crippen LogP contribution in [0.4, 0.5) is 0 Å². The number of sulfonamides is 1. The predicted molar refractivity (Wildman–Crippen MR) is 101 cm³/mol. The maximum Gasteiger partial charge on any atom is 0.217 e. The highest BCUT2D eigenvalue weighted by atomic mass is 32.2. The Morgan fingerprint density at radius 3 is 2.78 bits per heavy atom. The molecule has 0 saturated carbocycles. The van der Waals surface area contributed by atoms with Gasteiger partial charge in [0, 0.05) is 36.1 Å². The predicted octanol–water partition coefficient (Wildman–Crippen LogP) is 2.90. The first kappa shape index (κ1) is 17.3. The Bertz CT molecular complexity index is 1170. The molecule has 1 aromatic carbocycles. The number of pyridine rings is 2. The summed E-state index contributed by atoms with van der Waals surface area (Å²) in [6.07, 6.45) is 5.05. The minimum atomic E-state index is -3.58. The van der Waals surface area contributed by atoms with Crippen LogP contribution in [0.15, 0.2) is 71.6 Å². The van der Waals surface area contributed by atoms with E-state index >= 15 is 0 Å². The van der Waals surface area contributed by atoms with Crippen molar-refractivity contribution < 1.29 is 12.9 Å². The van der Waals surface area contributed by atoms with Gasteiger partial charge in [0.1, 0.15) is 11.4 Å². The van der Waals surface area contributed by atoms with Crippen molar-refractivity contribution in [2.24, 2.45) is 0 Å². The zero-order valence-corrected chi connectivity index (χ0v) is 15.1. The minimum Gasteiger partial charge on any atom is -0.356 e. The fourth-order valence-corrected chi connectivity index (χ4v) is 3.78. The Kier molecular flexibility index (Phi) is 4.66. The van der Waals surface area contributed by atoms with Gasteiger partial charge in [-0.1, -0.05) is 17.3 Å². The summed E-state index contributed by atoms with van der Waals surface area (Å²) < 4.78 is 32.7. The third kappa shape index (κ3) is 4.02. The van der Waals surface area contributed by atoms with Gasteiger partial charge in [0.2, 0.25) is 10.0 Å². The lowest BCUT2D eigenvalue weighted by molar-refractivity contribution is 0.448. The van der Waals surface area contributed by atoms with E-state index in [-0.39, 0.29) is 12.3 Å². The number of hydrogen-bond donors (Lipinski definition) is 1. The highest BCUT2D eigenvalue weighted by Gasteiger charge is 2.17. The number of fused-ring (bicyclic) bond motifs is 1. The second kappa shape index (κ2) is 7.26. The van der Waals surface area contributed by atoms with Gasteiger partial charge >= 0.3 is 0 Å². The average Bonchev–Trinajstić information content (AvgIpc) is 3.10. The highest BCUT2D eigenvalue weighted by molar-refractivity contribution is 7.88. The standard InChI is InChI=1S/C19H16N4O3S/c24-27(25,13-18-16-5-1-2-6-19(16)26-23-18)22-11-14-7-9-21-17(10-14)15-4-3-8-20-12-15/h1-10,12,22H,11,13H2. The summed E-state index contributed by atoms with van der Waals surface area (Å²) in [5.74, 6) is -0.245. The third-order valence-corrected chi connectivity index (χ3v) is 5.29. The van der Waals surface area contributed by atoms with Gasteiger partial charge in [0.05, 0.1) is 5.69 Å². The first-order chi connectivity index (χ1) is 13.1. The summed E-state index contributed by atoms with van der Waals surface area (Å²) >= 11 is 0. The van der Waals surface area contributed by atoms with Gasteiger partial charge in [-0.25, -0.2) is 13.1 Å². The molecule has 0 fully saturated rings. The van der Waals surface area contributed by atoms with Crippen LogP contribution in [0.3, 0.4) is 0 Å². The van der Waals surface area contributed by atoms with Crippen molar-refractivity contribution in [3.8, 4) is 11.3 Å². The lowest BCUT2D eigenvalue weighted by Gasteiger charge is -2.07. The monoisotopic (exact) mass is 380 g/mol. The molecule has 27 heavy (non-hydrogen) atoms. The normalized spacial score (nSPS) is 11.7. The maximum absolute atomic E-state index is 12.5. The molecular weight excluding hydrogens is 364 g/mol. The van der Waals surface area contributed by atoms with Gasteiger partial charge in [-0.2, -0.15) is 0 Å². The summed E-state index contributed by atoms with van der Waals surface area (Å²) in [6, 6.07) is 14.5. The van der Waals surface area contributed by atoms with Crippen molar-refractivity contribution in [3.05, 3.63) is 78.4 Å². The molecular formula is C19H16N4O3S. The largest absolute Gasteiger partial charge is 0.356 e. The van der Waals surface area contributed by atoms with Crippen LogP contribution < -0.4 is 4.72 Å². The molecule has 0 aliphatic rings. The quantitative estimate of drug-likeness (QED) is 0.552. The number of para-hydroxylation sites is 1. The molecule has 0 aliphatic carbocycles. The molecule has 136 valence electrons. The minimum absolute atomic E-state index is 0.161. The zero-order chi connectivity index (χ0) is 18.7. The molecule has 3 aromatic heterocycles. The van der Waals surface area contributed by atoms with E-state index in [0.717, 1.165) is 16.8 Å². The topological polar surface area (TPSA) is 98.0 Å². The smallest absolute Gasteiger partial charge is 0.217 e. The van der Waals surface area contributed by atoms with Crippen LogP contribution in [-0.2, 0) is 22.3 Å². The number of rotatable bonds is 6. The van der Waals surface area contributed by atoms with Gasteiger partial charge in [0.15, 0.2) is 5.58 Å². The molecule has 7 nitrogen and oxygen atoms in total. The molecule has 0 saturated heterocycles. The number of hydrogen-bond acceptors (Lipinski definition) is 6. The second-order valence-corrected chi connectivity index (χ2v) is 7.80. The van der Waals surface area contributed by atoms with Gasteiger partial charge in [-0.15, -0.1) is 0 Å². The fourth-order valence-electron chi connectivity index (χ4n) is 2.72. The van der Waals surface area contributed by atoms with Crippen molar-refractivity contribution in [1.29, 1.82) is 0 Å². The van der Waals surface area contributed by atoms with Crippen LogP contribution in [0.5, 0.6) is 0 Å².